The Bertz CT molecular complexity index is 1180. The number of ether oxygens (including phenoxy) is 1. The van der Waals surface area contributed by atoms with Crippen LogP contribution in [0.4, 0.5) is 11.8 Å². The summed E-state index contributed by atoms with van der Waals surface area (Å²) < 4.78 is 11.9. The lowest BCUT2D eigenvalue weighted by Crippen LogP contribution is -2.19. The Labute approximate surface area is 199 Å². The molecule has 3 heterocycles. The van der Waals surface area contributed by atoms with Gasteiger partial charge in [-0.05, 0) is 58.4 Å². The highest BCUT2D eigenvalue weighted by Gasteiger charge is 2.33. The predicted molar refractivity (Wildman–Crippen MR) is 130 cm³/mol. The third kappa shape index (κ3) is 4.67. The molecule has 0 amide bonds. The number of nitrogens with zero attached hydrogens (tertiary/aromatic N) is 3. The zero-order valence-electron chi connectivity index (χ0n) is 20.0. The summed E-state index contributed by atoms with van der Waals surface area (Å²) in [6.45, 7) is 7.17. The summed E-state index contributed by atoms with van der Waals surface area (Å²) in [5, 5.41) is 27.7. The van der Waals surface area contributed by atoms with Crippen LogP contribution in [0, 0.1) is 25.7 Å². The first kappa shape index (κ1) is 22.9. The van der Waals surface area contributed by atoms with Crippen LogP contribution in [0.2, 0.25) is 0 Å². The van der Waals surface area contributed by atoms with E-state index in [1.54, 1.807) is 0 Å². The van der Waals surface area contributed by atoms with Crippen LogP contribution in [0.3, 0.4) is 0 Å². The summed E-state index contributed by atoms with van der Waals surface area (Å²) in [7, 11) is 0. The van der Waals surface area contributed by atoms with Crippen LogP contribution in [0.25, 0.3) is 22.3 Å². The highest BCUT2D eigenvalue weighted by molar-refractivity contribution is 5.88. The lowest BCUT2D eigenvalue weighted by molar-refractivity contribution is 0.0908. The van der Waals surface area contributed by atoms with Crippen LogP contribution in [0.1, 0.15) is 44.0 Å². The monoisotopic (exact) mass is 467 g/mol. The van der Waals surface area contributed by atoms with E-state index in [0.29, 0.717) is 54.4 Å². The Kier molecular flexibility index (Phi) is 6.31. The lowest BCUT2D eigenvalue weighted by atomic mass is 10.1. The van der Waals surface area contributed by atoms with Gasteiger partial charge in [-0.25, -0.2) is 9.97 Å². The molecule has 3 atom stereocenters. The minimum absolute atomic E-state index is 0.00572. The van der Waals surface area contributed by atoms with Crippen molar-refractivity contribution in [2.75, 3.05) is 30.4 Å². The largest absolute Gasteiger partial charge is 0.478 e. The van der Waals surface area contributed by atoms with E-state index in [2.05, 4.69) is 15.6 Å². The van der Waals surface area contributed by atoms with Crippen molar-refractivity contribution in [2.24, 2.45) is 11.8 Å². The third-order valence-electron chi connectivity index (χ3n) is 6.75. The van der Waals surface area contributed by atoms with E-state index in [-0.39, 0.29) is 18.6 Å². The Balaban J connectivity index is 1.52. The molecule has 182 valence electrons. The molecule has 0 saturated heterocycles. The molecular weight excluding hydrogens is 434 g/mol. The number of aliphatic hydroxyl groups excluding tert-OH is 2. The molecule has 2 saturated carbocycles. The summed E-state index contributed by atoms with van der Waals surface area (Å²) in [5.74, 6) is 3.03. The van der Waals surface area contributed by atoms with Gasteiger partial charge in [0.2, 0.25) is 11.8 Å². The van der Waals surface area contributed by atoms with Crippen LogP contribution in [0.5, 0.6) is 5.88 Å². The van der Waals surface area contributed by atoms with Crippen LogP contribution in [-0.4, -0.2) is 57.1 Å². The number of furan rings is 1. The number of aliphatic hydroxyl groups is 2. The van der Waals surface area contributed by atoms with Gasteiger partial charge in [0.25, 0.3) is 0 Å². The molecule has 2 aliphatic rings. The van der Waals surface area contributed by atoms with Gasteiger partial charge in [0.05, 0.1) is 29.7 Å². The Morgan fingerprint density at radius 2 is 1.94 bits per heavy atom. The number of aryl methyl sites for hydroxylation is 2. The van der Waals surface area contributed by atoms with Gasteiger partial charge in [-0.2, -0.15) is 4.98 Å². The Morgan fingerprint density at radius 1 is 1.12 bits per heavy atom. The molecule has 34 heavy (non-hydrogen) atoms. The van der Waals surface area contributed by atoms with Crippen molar-refractivity contribution < 1.29 is 19.4 Å². The molecule has 3 unspecified atom stereocenters. The smallest absolute Gasteiger partial charge is 0.224 e. The van der Waals surface area contributed by atoms with E-state index in [1.165, 1.54) is 12.8 Å². The molecule has 0 radical (unpaired) electrons. The quantitative estimate of drug-likeness (QED) is 0.373. The standard InChI is InChI=1S/C25H33N5O4/c1-4-33-21-9-16-8-20(34-23(16)14(3)27-21)22-13(2)28-25(26-11-15-5-6-15)30-24(22)29-18-7-17(12-31)19(32)10-18/h8-9,15,17-19,31-32H,4-7,10-12H2,1-3H3,(H2,26,28,29,30). The summed E-state index contributed by atoms with van der Waals surface area (Å²) in [6.07, 6.45) is 3.19. The summed E-state index contributed by atoms with van der Waals surface area (Å²) in [5.41, 5.74) is 3.04. The maximum absolute atomic E-state index is 10.3. The molecule has 3 aromatic heterocycles. The van der Waals surface area contributed by atoms with Gasteiger partial charge in [0, 0.05) is 36.6 Å². The summed E-state index contributed by atoms with van der Waals surface area (Å²) in [4.78, 5) is 14.0. The van der Waals surface area contributed by atoms with Crippen molar-refractivity contribution in [3.05, 3.63) is 23.5 Å². The minimum atomic E-state index is -0.529. The number of rotatable bonds is 9. The molecule has 0 spiro atoms. The van der Waals surface area contributed by atoms with Crippen LogP contribution >= 0.6 is 0 Å². The fourth-order valence-electron chi connectivity index (χ4n) is 4.74. The van der Waals surface area contributed by atoms with Gasteiger partial charge < -0.3 is 30.0 Å². The van der Waals surface area contributed by atoms with Gasteiger partial charge in [0.1, 0.15) is 11.6 Å². The average molecular weight is 468 g/mol. The van der Waals surface area contributed by atoms with Crippen molar-refractivity contribution in [2.45, 2.75) is 58.6 Å². The molecule has 4 N–H and O–H groups in total. The van der Waals surface area contributed by atoms with E-state index in [0.717, 1.165) is 28.9 Å². The number of pyridine rings is 1. The second kappa shape index (κ2) is 9.38. The average Bonchev–Trinajstić information content (AvgIpc) is 3.42. The third-order valence-corrected chi connectivity index (χ3v) is 6.75. The second-order valence-electron chi connectivity index (χ2n) is 9.51. The van der Waals surface area contributed by atoms with Crippen LogP contribution < -0.4 is 15.4 Å². The minimum Gasteiger partial charge on any atom is -0.478 e. The van der Waals surface area contributed by atoms with E-state index in [9.17, 15) is 10.2 Å². The van der Waals surface area contributed by atoms with Crippen molar-refractivity contribution in [3.8, 4) is 17.2 Å². The molecule has 0 aliphatic heterocycles. The van der Waals surface area contributed by atoms with Crippen molar-refractivity contribution >= 4 is 22.7 Å². The van der Waals surface area contributed by atoms with Gasteiger partial charge in [0.15, 0.2) is 5.58 Å². The van der Waals surface area contributed by atoms with Gasteiger partial charge in [-0.1, -0.05) is 0 Å². The normalized spacial score (nSPS) is 22.3. The SMILES string of the molecule is CCOc1cc2cc(-c3c(C)nc(NCC4CC4)nc3NC3CC(O)C(CO)C3)oc2c(C)n1. The maximum atomic E-state index is 10.3. The van der Waals surface area contributed by atoms with Crippen LogP contribution in [-0.2, 0) is 0 Å². The number of hydrogen-bond donors (Lipinski definition) is 4. The molecule has 3 aromatic rings. The zero-order chi connectivity index (χ0) is 23.8. The fraction of sp³-hybridized carbons (Fsp3) is 0.560. The van der Waals surface area contributed by atoms with E-state index in [4.69, 9.17) is 19.1 Å². The summed E-state index contributed by atoms with van der Waals surface area (Å²) >= 11 is 0. The lowest BCUT2D eigenvalue weighted by Gasteiger charge is -2.18. The Morgan fingerprint density at radius 3 is 2.65 bits per heavy atom. The molecular formula is C25H33N5O4. The zero-order valence-corrected chi connectivity index (χ0v) is 20.0. The van der Waals surface area contributed by atoms with Crippen LogP contribution in [0.15, 0.2) is 16.5 Å². The molecule has 5 rings (SSSR count). The topological polar surface area (TPSA) is 126 Å². The first-order chi connectivity index (χ1) is 16.4. The number of hydrogen-bond acceptors (Lipinski definition) is 9. The number of nitrogens with one attached hydrogen (secondary N) is 2. The first-order valence-electron chi connectivity index (χ1n) is 12.2. The van der Waals surface area contributed by atoms with Crippen molar-refractivity contribution in [1.82, 2.24) is 15.0 Å². The molecule has 9 heteroatoms. The van der Waals surface area contributed by atoms with Crippen molar-refractivity contribution in [3.63, 3.8) is 0 Å². The molecule has 0 bridgehead atoms. The van der Waals surface area contributed by atoms with Gasteiger partial charge in [-0.3, -0.25) is 0 Å². The molecule has 0 aromatic carbocycles. The number of fused-ring (bicyclic) bond motifs is 1. The number of anilines is 2. The molecule has 2 aliphatic carbocycles. The van der Waals surface area contributed by atoms with Gasteiger partial charge >= 0.3 is 0 Å². The Hall–Kier alpha value is -2.91. The van der Waals surface area contributed by atoms with E-state index in [1.807, 2.05) is 32.9 Å². The predicted octanol–water partition coefficient (Wildman–Crippen LogP) is 3.67. The van der Waals surface area contributed by atoms with Gasteiger partial charge in [-0.15, -0.1) is 0 Å². The van der Waals surface area contributed by atoms with Crippen molar-refractivity contribution in [1.29, 1.82) is 0 Å². The van der Waals surface area contributed by atoms with E-state index >= 15 is 0 Å². The second-order valence-corrected chi connectivity index (χ2v) is 9.51. The molecule has 2 fully saturated rings. The maximum Gasteiger partial charge on any atom is 0.224 e. The first-order valence-corrected chi connectivity index (χ1v) is 12.2. The summed E-state index contributed by atoms with van der Waals surface area (Å²) in [6, 6.07) is 3.85. The highest BCUT2D eigenvalue weighted by Crippen LogP contribution is 2.38. The van der Waals surface area contributed by atoms with E-state index < -0.39 is 6.10 Å². The highest BCUT2D eigenvalue weighted by atomic mass is 16.5. The fourth-order valence-corrected chi connectivity index (χ4v) is 4.74. The molecule has 9 nitrogen and oxygen atoms in total. The number of aromatic nitrogens is 3.